The molecule has 6 aromatic carbocycles. The van der Waals surface area contributed by atoms with E-state index in [9.17, 15) is 5.26 Å². The molecule has 0 aliphatic heterocycles. The lowest BCUT2D eigenvalue weighted by Gasteiger charge is -2.10. The second-order valence-corrected chi connectivity index (χ2v) is 13.2. The Morgan fingerprint density at radius 2 is 1.21 bits per heavy atom. The third kappa shape index (κ3) is 4.19. The third-order valence-electron chi connectivity index (χ3n) is 9.46. The van der Waals surface area contributed by atoms with Gasteiger partial charge < -0.3 is 9.13 Å². The molecule has 0 saturated carbocycles. The number of allylic oxidation sites excluding steroid dienone is 5. The van der Waals surface area contributed by atoms with Crippen molar-refractivity contribution in [3.05, 3.63) is 158 Å². The summed E-state index contributed by atoms with van der Waals surface area (Å²) in [6.45, 7) is 5.85. The number of nitriles is 1. The maximum atomic E-state index is 9.26. The summed E-state index contributed by atoms with van der Waals surface area (Å²) in [5.41, 5.74) is 9.64. The molecule has 0 atom stereocenters. The van der Waals surface area contributed by atoms with Crippen LogP contribution in [-0.4, -0.2) is 9.13 Å². The Bertz CT molecular complexity index is 2880. The molecule has 48 heavy (non-hydrogen) atoms. The number of para-hydroxylation sites is 2. The molecule has 0 saturated heterocycles. The Labute approximate surface area is 281 Å². The largest absolute Gasteiger partial charge is 0.310 e. The van der Waals surface area contributed by atoms with Crippen LogP contribution in [0.5, 0.6) is 0 Å². The molecule has 9 aromatic rings. The van der Waals surface area contributed by atoms with Gasteiger partial charge in [0.25, 0.3) is 0 Å². The molecule has 4 heteroatoms. The molecule has 0 N–H and O–H groups in total. The van der Waals surface area contributed by atoms with Crippen molar-refractivity contribution in [3.63, 3.8) is 0 Å². The van der Waals surface area contributed by atoms with Gasteiger partial charge in [-0.3, -0.25) is 0 Å². The zero-order valence-corrected chi connectivity index (χ0v) is 27.1. The van der Waals surface area contributed by atoms with Crippen molar-refractivity contribution in [2.24, 2.45) is 0 Å². The minimum atomic E-state index is 0.426. The Morgan fingerprint density at radius 1 is 0.625 bits per heavy atom. The fourth-order valence-corrected chi connectivity index (χ4v) is 8.48. The van der Waals surface area contributed by atoms with E-state index in [0.717, 1.165) is 16.7 Å². The van der Waals surface area contributed by atoms with Crippen LogP contribution in [-0.2, 0) is 0 Å². The van der Waals surface area contributed by atoms with E-state index in [1.807, 2.05) is 24.3 Å². The number of hydrogen-bond acceptors (Lipinski definition) is 2. The normalized spacial score (nSPS) is 12.4. The minimum absolute atomic E-state index is 0.426. The van der Waals surface area contributed by atoms with E-state index < -0.39 is 0 Å². The number of fused-ring (bicyclic) bond motifs is 9. The minimum Gasteiger partial charge on any atom is -0.310 e. The van der Waals surface area contributed by atoms with Crippen molar-refractivity contribution in [1.29, 1.82) is 5.26 Å². The maximum absolute atomic E-state index is 9.26. The van der Waals surface area contributed by atoms with Crippen LogP contribution in [0, 0.1) is 11.3 Å². The molecule has 0 radical (unpaired) electrons. The molecule has 0 unspecified atom stereocenters. The molecule has 0 amide bonds. The lowest BCUT2D eigenvalue weighted by molar-refractivity contribution is 1.20. The SMILES string of the molecule is C=C(C#N)/C=C\C(=C/C)n1c2ccccc2c2cc(-c3ccc4c(c3)c3ccccc3n4-c3cccc4c3sc3ccccc34)ccc21. The van der Waals surface area contributed by atoms with Gasteiger partial charge in [-0.05, 0) is 78.7 Å². The zero-order chi connectivity index (χ0) is 32.4. The van der Waals surface area contributed by atoms with E-state index in [1.54, 1.807) is 6.08 Å². The molecule has 3 aromatic heterocycles. The van der Waals surface area contributed by atoms with Crippen LogP contribution in [0.4, 0.5) is 0 Å². The fraction of sp³-hybridized carbons (Fsp3) is 0.0227. The van der Waals surface area contributed by atoms with Crippen molar-refractivity contribution in [2.45, 2.75) is 6.92 Å². The number of benzene rings is 6. The molecule has 9 rings (SSSR count). The van der Waals surface area contributed by atoms with Crippen LogP contribution in [0.2, 0.25) is 0 Å². The Morgan fingerprint density at radius 3 is 1.96 bits per heavy atom. The molecule has 0 aliphatic rings. The molecule has 0 fully saturated rings. The lowest BCUT2D eigenvalue weighted by Crippen LogP contribution is -1.94. The van der Waals surface area contributed by atoms with Gasteiger partial charge in [0, 0.05) is 48.3 Å². The van der Waals surface area contributed by atoms with Gasteiger partial charge >= 0.3 is 0 Å². The average Bonchev–Trinajstić information content (AvgIpc) is 3.79. The predicted molar refractivity (Wildman–Crippen MR) is 206 cm³/mol. The highest BCUT2D eigenvalue weighted by atomic mass is 32.1. The van der Waals surface area contributed by atoms with Crippen molar-refractivity contribution >= 4 is 80.8 Å². The van der Waals surface area contributed by atoms with E-state index in [4.69, 9.17) is 0 Å². The first-order valence-electron chi connectivity index (χ1n) is 16.1. The predicted octanol–water partition coefficient (Wildman–Crippen LogP) is 12.4. The van der Waals surface area contributed by atoms with Gasteiger partial charge in [-0.25, -0.2) is 0 Å². The molecule has 3 heterocycles. The van der Waals surface area contributed by atoms with Crippen LogP contribution >= 0.6 is 11.3 Å². The molecular weight excluding hydrogens is 603 g/mol. The third-order valence-corrected chi connectivity index (χ3v) is 10.7. The maximum Gasteiger partial charge on any atom is 0.0985 e. The zero-order valence-electron chi connectivity index (χ0n) is 26.3. The topological polar surface area (TPSA) is 33.6 Å². The first kappa shape index (κ1) is 28.1. The van der Waals surface area contributed by atoms with Crippen LogP contribution in [0.25, 0.3) is 86.3 Å². The Balaban J connectivity index is 1.24. The highest BCUT2D eigenvalue weighted by Crippen LogP contribution is 2.42. The van der Waals surface area contributed by atoms with Gasteiger partial charge in [0.05, 0.1) is 38.5 Å². The van der Waals surface area contributed by atoms with Gasteiger partial charge in [0.2, 0.25) is 0 Å². The highest BCUT2D eigenvalue weighted by molar-refractivity contribution is 7.26. The summed E-state index contributed by atoms with van der Waals surface area (Å²) in [5, 5.41) is 16.7. The summed E-state index contributed by atoms with van der Waals surface area (Å²) in [7, 11) is 0. The monoisotopic (exact) mass is 631 g/mol. The number of rotatable bonds is 5. The lowest BCUT2D eigenvalue weighted by atomic mass is 10.0. The van der Waals surface area contributed by atoms with E-state index in [1.165, 1.54) is 69.6 Å². The molecule has 3 nitrogen and oxygen atoms in total. The Kier molecular flexibility index (Phi) is 6.43. The van der Waals surface area contributed by atoms with Gasteiger partial charge in [-0.15, -0.1) is 11.3 Å². The van der Waals surface area contributed by atoms with Gasteiger partial charge in [0.1, 0.15) is 0 Å². The average molecular weight is 632 g/mol. The second-order valence-electron chi connectivity index (χ2n) is 12.1. The van der Waals surface area contributed by atoms with Gasteiger partial charge in [-0.1, -0.05) is 91.5 Å². The standard InChI is InChI=1S/C44H29N3S/c1-3-31(22-19-28(2)27-45)46-38-15-7-4-11-32(38)36-25-29(20-23-40(36)46)30-21-24-41-37(26-30)33-12-5-8-16-39(33)47(41)42-17-10-14-35-34-13-6-9-18-43(34)48-44(35)42/h3-26H,2H2,1H3/b22-19-,31-3+. The first-order chi connectivity index (χ1) is 23.6. The summed E-state index contributed by atoms with van der Waals surface area (Å²) in [6, 6.07) is 48.4. The van der Waals surface area contributed by atoms with Crippen molar-refractivity contribution < 1.29 is 0 Å². The van der Waals surface area contributed by atoms with Crippen molar-refractivity contribution in [1.82, 2.24) is 9.13 Å². The second kappa shape index (κ2) is 11.0. The van der Waals surface area contributed by atoms with E-state index >= 15 is 0 Å². The molecule has 0 aliphatic carbocycles. The van der Waals surface area contributed by atoms with Crippen LogP contribution in [0.3, 0.4) is 0 Å². The quantitative estimate of drug-likeness (QED) is 0.137. The van der Waals surface area contributed by atoms with Crippen molar-refractivity contribution in [2.75, 3.05) is 0 Å². The number of thiophene rings is 1. The van der Waals surface area contributed by atoms with E-state index in [2.05, 4.69) is 155 Å². The van der Waals surface area contributed by atoms with E-state index in [-0.39, 0.29) is 0 Å². The number of hydrogen-bond donors (Lipinski definition) is 0. The Hall–Kier alpha value is -6.15. The highest BCUT2D eigenvalue weighted by Gasteiger charge is 2.18. The summed E-state index contributed by atoms with van der Waals surface area (Å²) < 4.78 is 7.32. The first-order valence-corrected chi connectivity index (χ1v) is 16.9. The number of nitrogens with zero attached hydrogens (tertiary/aromatic N) is 3. The molecule has 226 valence electrons. The summed E-state index contributed by atoms with van der Waals surface area (Å²) in [5.74, 6) is 0. The van der Waals surface area contributed by atoms with Gasteiger partial charge in [0.15, 0.2) is 0 Å². The summed E-state index contributed by atoms with van der Waals surface area (Å²) in [4.78, 5) is 0. The van der Waals surface area contributed by atoms with Crippen LogP contribution in [0.15, 0.2) is 158 Å². The number of aromatic nitrogens is 2. The summed E-state index contributed by atoms with van der Waals surface area (Å²) in [6.07, 6.45) is 5.82. The molecule has 0 spiro atoms. The molecule has 0 bridgehead atoms. The molecular formula is C44H29N3S. The van der Waals surface area contributed by atoms with Crippen LogP contribution < -0.4 is 0 Å². The fourth-order valence-electron chi connectivity index (χ4n) is 7.27. The smallest absolute Gasteiger partial charge is 0.0985 e. The van der Waals surface area contributed by atoms with Crippen molar-refractivity contribution in [3.8, 4) is 22.9 Å². The van der Waals surface area contributed by atoms with Crippen LogP contribution in [0.1, 0.15) is 6.92 Å². The summed E-state index contributed by atoms with van der Waals surface area (Å²) >= 11 is 1.87. The van der Waals surface area contributed by atoms with E-state index in [0.29, 0.717) is 5.57 Å². The van der Waals surface area contributed by atoms with Gasteiger partial charge in [-0.2, -0.15) is 5.26 Å².